The van der Waals surface area contributed by atoms with Crippen LogP contribution in [0.3, 0.4) is 0 Å². The Morgan fingerprint density at radius 1 is 1.25 bits per heavy atom. The number of hydrogen-bond donors (Lipinski definition) is 0. The van der Waals surface area contributed by atoms with E-state index in [0.717, 1.165) is 0 Å². The van der Waals surface area contributed by atoms with Gasteiger partial charge < -0.3 is 0 Å². The Morgan fingerprint density at radius 2 is 1.83 bits per heavy atom. The molecule has 66 valence electrons. The molecule has 0 aromatic carbocycles. The normalized spacial score (nSPS) is 22.3. The summed E-state index contributed by atoms with van der Waals surface area (Å²) in [6, 6.07) is 0. The van der Waals surface area contributed by atoms with Crippen LogP contribution in [0.1, 0.15) is 12.8 Å². The molecule has 0 amide bonds. The van der Waals surface area contributed by atoms with Crippen molar-refractivity contribution in [1.29, 1.82) is 0 Å². The van der Waals surface area contributed by atoms with Crippen LogP contribution in [0.5, 0.6) is 0 Å². The number of aldehydes is 1. The fraction of sp³-hybridized carbons (Fsp3) is 0.625. The summed E-state index contributed by atoms with van der Waals surface area (Å²) >= 11 is 0. The molecule has 1 heterocycles. The van der Waals surface area contributed by atoms with Gasteiger partial charge >= 0.3 is 0 Å². The van der Waals surface area contributed by atoms with Crippen LogP contribution in [0.2, 0.25) is 0 Å². The maximum atomic E-state index is 11.0. The predicted octanol–water partition coefficient (Wildman–Crippen LogP) is 0.0135. The van der Waals surface area contributed by atoms with Crippen LogP contribution in [-0.4, -0.2) is 26.2 Å². The van der Waals surface area contributed by atoms with Gasteiger partial charge in [-0.05, 0) is 18.8 Å². The van der Waals surface area contributed by atoms with Gasteiger partial charge in [0.15, 0.2) is 6.29 Å². The van der Waals surface area contributed by atoms with Crippen LogP contribution in [0.15, 0.2) is 0 Å². The summed E-state index contributed by atoms with van der Waals surface area (Å²) in [5.74, 6) is 5.57. The monoisotopic (exact) mass is 186 g/mol. The Kier molecular flexibility index (Phi) is 2.88. The minimum Gasteiger partial charge on any atom is -0.289 e. The molecule has 0 radical (unpaired) electrons. The highest BCUT2D eigenvalue weighted by Gasteiger charge is 2.21. The second-order valence-electron chi connectivity index (χ2n) is 2.83. The van der Waals surface area contributed by atoms with Crippen molar-refractivity contribution in [2.45, 2.75) is 12.8 Å². The lowest BCUT2D eigenvalue weighted by molar-refractivity contribution is -0.103. The largest absolute Gasteiger partial charge is 0.289 e. The van der Waals surface area contributed by atoms with E-state index in [1.165, 1.54) is 0 Å². The molecule has 1 rings (SSSR count). The van der Waals surface area contributed by atoms with Crippen LogP contribution >= 0.6 is 0 Å². The SMILES string of the molecule is O=CC#CC1CCS(=O)(=O)CC1. The Balaban J connectivity index is 2.52. The maximum absolute atomic E-state index is 11.0. The van der Waals surface area contributed by atoms with Gasteiger partial charge in [-0.1, -0.05) is 5.92 Å². The fourth-order valence-electron chi connectivity index (χ4n) is 1.19. The second-order valence-corrected chi connectivity index (χ2v) is 5.14. The van der Waals surface area contributed by atoms with Gasteiger partial charge in [-0.3, -0.25) is 4.79 Å². The zero-order valence-electron chi connectivity index (χ0n) is 6.62. The highest BCUT2D eigenvalue weighted by atomic mass is 32.2. The summed E-state index contributed by atoms with van der Waals surface area (Å²) in [5, 5.41) is 0. The van der Waals surface area contributed by atoms with Crippen molar-refractivity contribution in [2.75, 3.05) is 11.5 Å². The highest BCUT2D eigenvalue weighted by Crippen LogP contribution is 2.17. The lowest BCUT2D eigenvalue weighted by Crippen LogP contribution is -2.22. The zero-order chi connectivity index (χ0) is 9.03. The predicted molar refractivity (Wildman–Crippen MR) is 45.2 cm³/mol. The summed E-state index contributed by atoms with van der Waals surface area (Å²) in [6.45, 7) is 0. The van der Waals surface area contributed by atoms with Gasteiger partial charge in [-0.15, -0.1) is 0 Å². The number of rotatable bonds is 0. The van der Waals surface area contributed by atoms with Gasteiger partial charge in [-0.25, -0.2) is 8.42 Å². The van der Waals surface area contributed by atoms with Crippen LogP contribution < -0.4 is 0 Å². The molecule has 1 saturated heterocycles. The van der Waals surface area contributed by atoms with Gasteiger partial charge in [0.2, 0.25) is 0 Å². The van der Waals surface area contributed by atoms with Crippen LogP contribution in [0.4, 0.5) is 0 Å². The second kappa shape index (κ2) is 3.72. The van der Waals surface area contributed by atoms with E-state index in [-0.39, 0.29) is 17.4 Å². The lowest BCUT2D eigenvalue weighted by atomic mass is 10.0. The van der Waals surface area contributed by atoms with Crippen molar-refractivity contribution < 1.29 is 13.2 Å². The third-order valence-corrected chi connectivity index (χ3v) is 3.62. The number of carbonyl (C=O) groups excluding carboxylic acids is 1. The number of hydrogen-bond acceptors (Lipinski definition) is 3. The topological polar surface area (TPSA) is 51.2 Å². The summed E-state index contributed by atoms with van der Waals surface area (Å²) in [6.07, 6.45) is 1.69. The first-order valence-electron chi connectivity index (χ1n) is 3.79. The van der Waals surface area contributed by atoms with Crippen molar-refractivity contribution in [3.63, 3.8) is 0 Å². The van der Waals surface area contributed by atoms with Crippen LogP contribution in [0, 0.1) is 17.8 Å². The molecule has 0 bridgehead atoms. The van der Waals surface area contributed by atoms with Gasteiger partial charge in [0.25, 0.3) is 0 Å². The van der Waals surface area contributed by atoms with Gasteiger partial charge in [0, 0.05) is 5.92 Å². The molecular weight excluding hydrogens is 176 g/mol. The van der Waals surface area contributed by atoms with Crippen LogP contribution in [0.25, 0.3) is 0 Å². The highest BCUT2D eigenvalue weighted by molar-refractivity contribution is 7.91. The van der Waals surface area contributed by atoms with E-state index in [1.54, 1.807) is 0 Å². The van der Waals surface area contributed by atoms with E-state index in [1.807, 2.05) is 0 Å². The average Bonchev–Trinajstić information content (AvgIpc) is 2.03. The standard InChI is InChI=1S/C8H10O3S/c9-5-1-2-8-3-6-12(10,11)7-4-8/h5,8H,3-4,6-7H2. The quantitative estimate of drug-likeness (QED) is 0.395. The van der Waals surface area contributed by atoms with E-state index in [4.69, 9.17) is 0 Å². The van der Waals surface area contributed by atoms with E-state index in [9.17, 15) is 13.2 Å². The Bertz CT molecular complexity index is 304. The molecule has 1 aliphatic rings. The Morgan fingerprint density at radius 3 is 2.33 bits per heavy atom. The molecule has 1 aliphatic heterocycles. The van der Waals surface area contributed by atoms with Crippen molar-refractivity contribution in [3.05, 3.63) is 0 Å². The maximum Gasteiger partial charge on any atom is 0.192 e. The smallest absolute Gasteiger partial charge is 0.192 e. The first kappa shape index (κ1) is 9.27. The first-order valence-corrected chi connectivity index (χ1v) is 5.61. The number of sulfone groups is 1. The van der Waals surface area contributed by atoms with Crippen molar-refractivity contribution in [3.8, 4) is 11.8 Å². The molecule has 0 saturated carbocycles. The minimum absolute atomic E-state index is 0.0960. The van der Waals surface area contributed by atoms with Gasteiger partial charge in [0.05, 0.1) is 11.5 Å². The lowest BCUT2D eigenvalue weighted by Gasteiger charge is -2.16. The van der Waals surface area contributed by atoms with E-state index >= 15 is 0 Å². The molecule has 1 fully saturated rings. The average molecular weight is 186 g/mol. The molecule has 0 unspecified atom stereocenters. The Hall–Kier alpha value is -0.820. The summed E-state index contributed by atoms with van der Waals surface area (Å²) < 4.78 is 21.9. The minimum atomic E-state index is -2.80. The molecule has 12 heavy (non-hydrogen) atoms. The van der Waals surface area contributed by atoms with Crippen molar-refractivity contribution in [2.24, 2.45) is 5.92 Å². The molecule has 0 aromatic heterocycles. The van der Waals surface area contributed by atoms with E-state index < -0.39 is 9.84 Å². The van der Waals surface area contributed by atoms with E-state index in [0.29, 0.717) is 19.1 Å². The van der Waals surface area contributed by atoms with E-state index in [2.05, 4.69) is 11.8 Å². The Labute approximate surface area is 72.1 Å². The molecule has 0 aliphatic carbocycles. The fourth-order valence-corrected chi connectivity index (χ4v) is 2.68. The number of carbonyl (C=O) groups is 1. The molecule has 0 N–H and O–H groups in total. The molecular formula is C8H10O3S. The molecule has 0 aromatic rings. The first-order chi connectivity index (χ1) is 5.64. The van der Waals surface area contributed by atoms with Gasteiger partial charge in [0.1, 0.15) is 9.84 Å². The zero-order valence-corrected chi connectivity index (χ0v) is 7.43. The molecule has 3 nitrogen and oxygen atoms in total. The van der Waals surface area contributed by atoms with Crippen molar-refractivity contribution >= 4 is 16.1 Å². The summed E-state index contributed by atoms with van der Waals surface area (Å²) in [5.41, 5.74) is 0. The van der Waals surface area contributed by atoms with Crippen molar-refractivity contribution in [1.82, 2.24) is 0 Å². The van der Waals surface area contributed by atoms with Crippen LogP contribution in [-0.2, 0) is 14.6 Å². The third kappa shape index (κ3) is 2.67. The molecule has 4 heteroatoms. The molecule has 0 atom stereocenters. The molecule has 0 spiro atoms. The third-order valence-electron chi connectivity index (χ3n) is 1.90. The van der Waals surface area contributed by atoms with Gasteiger partial charge in [-0.2, -0.15) is 0 Å². The summed E-state index contributed by atoms with van der Waals surface area (Å²) in [7, 11) is -2.80. The summed E-state index contributed by atoms with van der Waals surface area (Å²) in [4.78, 5) is 9.88.